The number of amides is 2. The van der Waals surface area contributed by atoms with Crippen molar-refractivity contribution in [2.75, 3.05) is 13.1 Å². The number of likely N-dealkylation sites (tertiary alicyclic amines) is 1. The number of nitrogens with zero attached hydrogens (tertiary/aromatic N) is 1. The van der Waals surface area contributed by atoms with Gasteiger partial charge in [-0.3, -0.25) is 9.59 Å². The Morgan fingerprint density at radius 2 is 1.80 bits per heavy atom. The first-order valence-electron chi connectivity index (χ1n) is 8.45. The Morgan fingerprint density at radius 3 is 2.40 bits per heavy atom. The second-order valence-corrected chi connectivity index (χ2v) is 6.33. The summed E-state index contributed by atoms with van der Waals surface area (Å²) in [5, 5.41) is 0. The van der Waals surface area contributed by atoms with Gasteiger partial charge in [-0.15, -0.1) is 0 Å². The molecule has 5 nitrogen and oxygen atoms in total. The molecule has 2 aromatic carbocycles. The number of benzene rings is 2. The molecule has 130 valence electrons. The Hall–Kier alpha value is -2.82. The van der Waals surface area contributed by atoms with Crippen molar-refractivity contribution < 1.29 is 14.3 Å². The van der Waals surface area contributed by atoms with Gasteiger partial charge in [-0.05, 0) is 43.2 Å². The predicted molar refractivity (Wildman–Crippen MR) is 95.1 cm³/mol. The molecule has 25 heavy (non-hydrogen) atoms. The highest BCUT2D eigenvalue weighted by Crippen LogP contribution is 2.23. The number of primary amides is 1. The lowest BCUT2D eigenvalue weighted by Crippen LogP contribution is -2.31. The van der Waals surface area contributed by atoms with Gasteiger partial charge in [0.15, 0.2) is 0 Å². The maximum absolute atomic E-state index is 12.5. The zero-order chi connectivity index (χ0) is 17.8. The van der Waals surface area contributed by atoms with E-state index in [1.807, 2.05) is 37.3 Å². The van der Waals surface area contributed by atoms with Gasteiger partial charge in [-0.1, -0.05) is 30.3 Å². The number of carbonyl (C=O) groups excluding carboxylic acids is 2. The molecule has 0 saturated carbocycles. The van der Waals surface area contributed by atoms with Gasteiger partial charge in [0.05, 0.1) is 5.92 Å². The summed E-state index contributed by atoms with van der Waals surface area (Å²) in [7, 11) is 0. The van der Waals surface area contributed by atoms with Gasteiger partial charge in [-0.25, -0.2) is 0 Å². The number of ether oxygens (including phenoxy) is 1. The molecule has 2 atom stereocenters. The molecular weight excluding hydrogens is 316 g/mol. The SMILES string of the molecule is C[C@H](Oc1ccc(C(=O)N2CC[C@H](C(N)=O)C2)cc1)c1ccccc1. The molecule has 1 saturated heterocycles. The fraction of sp³-hybridized carbons (Fsp3) is 0.300. The first-order chi connectivity index (χ1) is 12.0. The van der Waals surface area contributed by atoms with Gasteiger partial charge in [0.1, 0.15) is 11.9 Å². The molecule has 1 aliphatic rings. The van der Waals surface area contributed by atoms with E-state index in [0.717, 1.165) is 5.56 Å². The minimum atomic E-state index is -0.339. The lowest BCUT2D eigenvalue weighted by atomic mass is 10.1. The lowest BCUT2D eigenvalue weighted by Gasteiger charge is -2.17. The minimum Gasteiger partial charge on any atom is -0.486 e. The largest absolute Gasteiger partial charge is 0.486 e. The Kier molecular flexibility index (Phi) is 5.03. The molecule has 0 spiro atoms. The Balaban J connectivity index is 1.62. The second kappa shape index (κ2) is 7.38. The fourth-order valence-electron chi connectivity index (χ4n) is 3.03. The average Bonchev–Trinajstić information content (AvgIpc) is 3.13. The van der Waals surface area contributed by atoms with Crippen LogP contribution in [0.15, 0.2) is 54.6 Å². The van der Waals surface area contributed by atoms with Gasteiger partial charge in [0, 0.05) is 18.7 Å². The van der Waals surface area contributed by atoms with Crippen LogP contribution in [-0.4, -0.2) is 29.8 Å². The fourth-order valence-corrected chi connectivity index (χ4v) is 3.03. The molecule has 2 amide bonds. The van der Waals surface area contributed by atoms with Crippen LogP contribution in [0, 0.1) is 5.92 Å². The molecule has 2 N–H and O–H groups in total. The van der Waals surface area contributed by atoms with Crippen LogP contribution in [-0.2, 0) is 4.79 Å². The van der Waals surface area contributed by atoms with Crippen molar-refractivity contribution in [1.29, 1.82) is 0 Å². The molecule has 0 aromatic heterocycles. The Labute approximate surface area is 147 Å². The van der Waals surface area contributed by atoms with Gasteiger partial charge in [-0.2, -0.15) is 0 Å². The van der Waals surface area contributed by atoms with E-state index in [2.05, 4.69) is 0 Å². The zero-order valence-corrected chi connectivity index (χ0v) is 14.2. The minimum absolute atomic E-state index is 0.0716. The summed E-state index contributed by atoms with van der Waals surface area (Å²) in [6.45, 7) is 2.95. The van der Waals surface area contributed by atoms with Crippen molar-refractivity contribution in [2.45, 2.75) is 19.4 Å². The third-order valence-electron chi connectivity index (χ3n) is 4.56. The van der Waals surface area contributed by atoms with Crippen LogP contribution < -0.4 is 10.5 Å². The molecule has 2 aromatic rings. The van der Waals surface area contributed by atoms with E-state index in [4.69, 9.17) is 10.5 Å². The van der Waals surface area contributed by atoms with Crippen LogP contribution in [0.5, 0.6) is 5.75 Å². The van der Waals surface area contributed by atoms with Crippen molar-refractivity contribution in [2.24, 2.45) is 11.7 Å². The highest BCUT2D eigenvalue weighted by molar-refractivity contribution is 5.95. The Bertz CT molecular complexity index is 743. The van der Waals surface area contributed by atoms with E-state index in [1.165, 1.54) is 0 Å². The van der Waals surface area contributed by atoms with Crippen LogP contribution in [0.1, 0.15) is 35.4 Å². The molecule has 5 heteroatoms. The van der Waals surface area contributed by atoms with E-state index in [0.29, 0.717) is 30.8 Å². The number of nitrogens with two attached hydrogens (primary N) is 1. The van der Waals surface area contributed by atoms with Crippen LogP contribution in [0.3, 0.4) is 0 Å². The average molecular weight is 338 g/mol. The molecule has 0 aliphatic carbocycles. The molecule has 0 unspecified atom stereocenters. The summed E-state index contributed by atoms with van der Waals surface area (Å²) in [6.07, 6.45) is 0.564. The van der Waals surface area contributed by atoms with Crippen LogP contribution >= 0.6 is 0 Å². The van der Waals surface area contributed by atoms with Crippen molar-refractivity contribution in [1.82, 2.24) is 4.90 Å². The number of carbonyl (C=O) groups is 2. The summed E-state index contributed by atoms with van der Waals surface area (Å²) in [5.74, 6) is 0.0583. The molecule has 0 bridgehead atoms. The van der Waals surface area contributed by atoms with Crippen molar-refractivity contribution in [3.63, 3.8) is 0 Å². The molecule has 1 fully saturated rings. The van der Waals surface area contributed by atoms with E-state index in [9.17, 15) is 9.59 Å². The normalized spacial score (nSPS) is 18.0. The maximum atomic E-state index is 12.5. The highest BCUT2D eigenvalue weighted by atomic mass is 16.5. The summed E-state index contributed by atoms with van der Waals surface area (Å²) in [6, 6.07) is 17.1. The van der Waals surface area contributed by atoms with E-state index in [1.54, 1.807) is 29.2 Å². The third-order valence-corrected chi connectivity index (χ3v) is 4.56. The van der Waals surface area contributed by atoms with Gasteiger partial charge < -0.3 is 15.4 Å². The van der Waals surface area contributed by atoms with Gasteiger partial charge >= 0.3 is 0 Å². The summed E-state index contributed by atoms with van der Waals surface area (Å²) in [4.78, 5) is 25.4. The van der Waals surface area contributed by atoms with Crippen molar-refractivity contribution in [3.8, 4) is 5.75 Å². The lowest BCUT2D eigenvalue weighted by molar-refractivity contribution is -0.121. The summed E-state index contributed by atoms with van der Waals surface area (Å²) >= 11 is 0. The molecule has 0 radical (unpaired) electrons. The highest BCUT2D eigenvalue weighted by Gasteiger charge is 2.30. The quantitative estimate of drug-likeness (QED) is 0.911. The summed E-state index contributed by atoms with van der Waals surface area (Å²) in [5.41, 5.74) is 7.00. The Morgan fingerprint density at radius 1 is 1.12 bits per heavy atom. The molecule has 3 rings (SSSR count). The van der Waals surface area contributed by atoms with Gasteiger partial charge in [0.2, 0.25) is 5.91 Å². The van der Waals surface area contributed by atoms with E-state index >= 15 is 0 Å². The summed E-state index contributed by atoms with van der Waals surface area (Å²) < 4.78 is 5.92. The number of rotatable bonds is 5. The van der Waals surface area contributed by atoms with Crippen LogP contribution in [0.2, 0.25) is 0 Å². The van der Waals surface area contributed by atoms with Crippen molar-refractivity contribution >= 4 is 11.8 Å². The topological polar surface area (TPSA) is 72.6 Å². The van der Waals surface area contributed by atoms with Gasteiger partial charge in [0.25, 0.3) is 5.91 Å². The van der Waals surface area contributed by atoms with Crippen molar-refractivity contribution in [3.05, 3.63) is 65.7 Å². The standard InChI is InChI=1S/C20H22N2O3/c1-14(15-5-3-2-4-6-15)25-18-9-7-16(8-10-18)20(24)22-12-11-17(13-22)19(21)23/h2-10,14,17H,11-13H2,1H3,(H2,21,23)/t14-,17-/m0/s1. The third kappa shape index (κ3) is 3.99. The van der Waals surface area contributed by atoms with E-state index < -0.39 is 0 Å². The zero-order valence-electron chi connectivity index (χ0n) is 14.2. The number of hydrogen-bond donors (Lipinski definition) is 1. The number of hydrogen-bond acceptors (Lipinski definition) is 3. The smallest absolute Gasteiger partial charge is 0.253 e. The molecule has 1 heterocycles. The molecule has 1 aliphatic heterocycles. The first-order valence-corrected chi connectivity index (χ1v) is 8.45. The van der Waals surface area contributed by atoms with Crippen LogP contribution in [0.4, 0.5) is 0 Å². The maximum Gasteiger partial charge on any atom is 0.253 e. The predicted octanol–water partition coefficient (Wildman–Crippen LogP) is 2.77. The monoisotopic (exact) mass is 338 g/mol. The van der Waals surface area contributed by atoms with E-state index in [-0.39, 0.29) is 23.8 Å². The molecular formula is C20H22N2O3. The first kappa shape index (κ1) is 17.0. The van der Waals surface area contributed by atoms with Crippen LogP contribution in [0.25, 0.3) is 0 Å². The second-order valence-electron chi connectivity index (χ2n) is 6.33.